The van der Waals surface area contributed by atoms with Crippen LogP contribution >= 0.6 is 0 Å². The third kappa shape index (κ3) is 7.29. The number of furan rings is 1. The van der Waals surface area contributed by atoms with Gasteiger partial charge < -0.3 is 28.4 Å². The monoisotopic (exact) mass is 508 g/mol. The van der Waals surface area contributed by atoms with Crippen LogP contribution in [-0.2, 0) is 17.8 Å². The lowest BCUT2D eigenvalue weighted by Gasteiger charge is -2.37. The topological polar surface area (TPSA) is 81.5 Å². The molecule has 198 valence electrons. The van der Waals surface area contributed by atoms with Gasteiger partial charge in [-0.15, -0.1) is 0 Å². The molecule has 0 aliphatic rings. The molecule has 37 heavy (non-hydrogen) atoms. The zero-order valence-corrected chi connectivity index (χ0v) is 22.4. The second-order valence-electron chi connectivity index (χ2n) is 9.63. The lowest BCUT2D eigenvalue weighted by Crippen LogP contribution is -2.51. The summed E-state index contributed by atoms with van der Waals surface area (Å²) in [4.78, 5) is 30.5. The Labute approximate surface area is 218 Å². The molecule has 0 aliphatic heterocycles. The molecule has 2 amide bonds. The summed E-state index contributed by atoms with van der Waals surface area (Å²) in [6, 6.07) is 16.3. The van der Waals surface area contributed by atoms with E-state index in [0.717, 1.165) is 5.56 Å². The third-order valence-electron chi connectivity index (χ3n) is 6.06. The average Bonchev–Trinajstić information content (AvgIpc) is 3.41. The predicted molar refractivity (Wildman–Crippen MR) is 141 cm³/mol. The van der Waals surface area contributed by atoms with Crippen molar-refractivity contribution >= 4 is 11.8 Å². The van der Waals surface area contributed by atoms with Crippen LogP contribution in [0.3, 0.4) is 0 Å². The van der Waals surface area contributed by atoms with Crippen molar-refractivity contribution in [3.05, 3.63) is 77.7 Å². The van der Waals surface area contributed by atoms with Gasteiger partial charge in [-0.3, -0.25) is 9.59 Å². The highest BCUT2D eigenvalue weighted by molar-refractivity contribution is 5.97. The molecule has 0 saturated carbocycles. The van der Waals surface area contributed by atoms with Gasteiger partial charge in [0, 0.05) is 17.6 Å². The van der Waals surface area contributed by atoms with Crippen molar-refractivity contribution < 1.29 is 28.2 Å². The van der Waals surface area contributed by atoms with Crippen molar-refractivity contribution in [1.82, 2.24) is 9.80 Å². The molecule has 0 spiro atoms. The van der Waals surface area contributed by atoms with E-state index in [2.05, 4.69) is 0 Å². The smallest absolute Gasteiger partial charge is 0.254 e. The molecule has 0 fully saturated rings. The van der Waals surface area contributed by atoms with E-state index in [1.54, 1.807) is 67.7 Å². The Morgan fingerprint density at radius 2 is 1.65 bits per heavy atom. The maximum absolute atomic E-state index is 13.7. The van der Waals surface area contributed by atoms with E-state index in [9.17, 15) is 9.59 Å². The van der Waals surface area contributed by atoms with Gasteiger partial charge >= 0.3 is 0 Å². The summed E-state index contributed by atoms with van der Waals surface area (Å²) >= 11 is 0. The van der Waals surface area contributed by atoms with E-state index < -0.39 is 5.54 Å². The lowest BCUT2D eigenvalue weighted by molar-refractivity contribution is -0.133. The largest absolute Gasteiger partial charge is 0.497 e. The molecule has 0 unspecified atom stereocenters. The van der Waals surface area contributed by atoms with Crippen LogP contribution in [-0.4, -0.2) is 61.6 Å². The number of amides is 2. The van der Waals surface area contributed by atoms with Crippen LogP contribution in [0.5, 0.6) is 17.2 Å². The second-order valence-corrected chi connectivity index (χ2v) is 9.63. The van der Waals surface area contributed by atoms with Gasteiger partial charge in [-0.1, -0.05) is 12.1 Å². The molecule has 0 aliphatic carbocycles. The SMILES string of the molecule is COc1cccc(C(=O)N(CC(=O)N(CCc2ccc(OC)c(OC)c2)Cc2ccco2)C(C)(C)C)c1. The average molecular weight is 509 g/mol. The molecule has 0 radical (unpaired) electrons. The highest BCUT2D eigenvalue weighted by atomic mass is 16.5. The number of hydrogen-bond donors (Lipinski definition) is 0. The van der Waals surface area contributed by atoms with E-state index in [1.807, 2.05) is 45.0 Å². The van der Waals surface area contributed by atoms with E-state index in [0.29, 0.717) is 48.1 Å². The molecule has 1 heterocycles. The number of rotatable bonds is 11. The molecule has 0 N–H and O–H groups in total. The van der Waals surface area contributed by atoms with Crippen molar-refractivity contribution in [2.75, 3.05) is 34.4 Å². The van der Waals surface area contributed by atoms with Gasteiger partial charge in [0.2, 0.25) is 5.91 Å². The lowest BCUT2D eigenvalue weighted by atomic mass is 10.0. The first kappa shape index (κ1) is 27.6. The molecule has 0 saturated heterocycles. The molecule has 3 aromatic rings. The number of hydrogen-bond acceptors (Lipinski definition) is 6. The quantitative estimate of drug-likeness (QED) is 0.370. The fourth-order valence-electron chi connectivity index (χ4n) is 3.94. The highest BCUT2D eigenvalue weighted by Crippen LogP contribution is 2.28. The number of nitrogens with zero attached hydrogens (tertiary/aromatic N) is 2. The Morgan fingerprint density at radius 1 is 0.892 bits per heavy atom. The van der Waals surface area contributed by atoms with Crippen LogP contribution in [0.25, 0.3) is 0 Å². The Kier molecular flexibility index (Phi) is 9.22. The van der Waals surface area contributed by atoms with E-state index in [-0.39, 0.29) is 18.4 Å². The van der Waals surface area contributed by atoms with Crippen molar-refractivity contribution in [2.45, 2.75) is 39.3 Å². The maximum Gasteiger partial charge on any atom is 0.254 e. The van der Waals surface area contributed by atoms with Gasteiger partial charge in [0.25, 0.3) is 5.91 Å². The van der Waals surface area contributed by atoms with Gasteiger partial charge in [0.05, 0.1) is 34.1 Å². The zero-order chi connectivity index (χ0) is 27.0. The van der Waals surface area contributed by atoms with Crippen molar-refractivity contribution in [3.63, 3.8) is 0 Å². The normalized spacial score (nSPS) is 11.1. The molecule has 3 rings (SSSR count). The molecule has 8 nitrogen and oxygen atoms in total. The molecular formula is C29H36N2O6. The highest BCUT2D eigenvalue weighted by Gasteiger charge is 2.31. The molecular weight excluding hydrogens is 472 g/mol. The minimum Gasteiger partial charge on any atom is -0.497 e. The summed E-state index contributed by atoms with van der Waals surface area (Å²) < 4.78 is 21.5. The summed E-state index contributed by atoms with van der Waals surface area (Å²) in [7, 11) is 4.74. The van der Waals surface area contributed by atoms with Gasteiger partial charge in [-0.25, -0.2) is 0 Å². The van der Waals surface area contributed by atoms with Gasteiger partial charge in [0.1, 0.15) is 18.1 Å². The summed E-state index contributed by atoms with van der Waals surface area (Å²) in [6.07, 6.45) is 2.17. The standard InChI is InChI=1S/C29H36N2O6/c1-29(2,3)31(28(33)22-9-7-10-23(18-22)34-4)20-27(32)30(19-24-11-8-16-37-24)15-14-21-12-13-25(35-5)26(17-21)36-6/h7-13,16-18H,14-15,19-20H2,1-6H3. The third-order valence-corrected chi connectivity index (χ3v) is 6.06. The van der Waals surface area contributed by atoms with E-state index in [1.165, 1.54) is 0 Å². The minimum absolute atomic E-state index is 0.0772. The molecule has 2 aromatic carbocycles. The van der Waals surface area contributed by atoms with Crippen LogP contribution in [0.2, 0.25) is 0 Å². The zero-order valence-electron chi connectivity index (χ0n) is 22.4. The van der Waals surface area contributed by atoms with Crippen LogP contribution < -0.4 is 14.2 Å². The van der Waals surface area contributed by atoms with Gasteiger partial charge in [-0.2, -0.15) is 0 Å². The first-order valence-electron chi connectivity index (χ1n) is 12.1. The van der Waals surface area contributed by atoms with Crippen molar-refractivity contribution in [2.24, 2.45) is 0 Å². The number of carbonyl (C=O) groups excluding carboxylic acids is 2. The summed E-state index contributed by atoms with van der Waals surface area (Å²) in [5.41, 5.74) is 0.871. The Morgan fingerprint density at radius 3 is 2.27 bits per heavy atom. The van der Waals surface area contributed by atoms with Crippen molar-refractivity contribution in [3.8, 4) is 17.2 Å². The first-order chi connectivity index (χ1) is 17.7. The van der Waals surface area contributed by atoms with Gasteiger partial charge in [-0.05, 0) is 75.2 Å². The molecule has 8 heteroatoms. The fourth-order valence-corrected chi connectivity index (χ4v) is 3.94. The first-order valence-corrected chi connectivity index (χ1v) is 12.1. The molecule has 0 bridgehead atoms. The summed E-state index contributed by atoms with van der Waals surface area (Å²) in [5.74, 6) is 2.11. The summed E-state index contributed by atoms with van der Waals surface area (Å²) in [5, 5.41) is 0. The molecule has 1 aromatic heterocycles. The maximum atomic E-state index is 13.7. The fraction of sp³-hybridized carbons (Fsp3) is 0.379. The van der Waals surface area contributed by atoms with Crippen molar-refractivity contribution in [1.29, 1.82) is 0 Å². The van der Waals surface area contributed by atoms with E-state index in [4.69, 9.17) is 18.6 Å². The van der Waals surface area contributed by atoms with Crippen LogP contribution in [0.15, 0.2) is 65.3 Å². The van der Waals surface area contributed by atoms with Crippen LogP contribution in [0.1, 0.15) is 42.5 Å². The number of benzene rings is 2. The van der Waals surface area contributed by atoms with E-state index >= 15 is 0 Å². The Bertz CT molecular complexity index is 1180. The van der Waals surface area contributed by atoms with Crippen LogP contribution in [0, 0.1) is 0 Å². The Hall–Kier alpha value is -3.94. The van der Waals surface area contributed by atoms with Gasteiger partial charge in [0.15, 0.2) is 11.5 Å². The second kappa shape index (κ2) is 12.3. The molecule has 0 atom stereocenters. The number of carbonyl (C=O) groups is 2. The minimum atomic E-state index is -0.588. The number of methoxy groups -OCH3 is 3. The van der Waals surface area contributed by atoms with Crippen LogP contribution in [0.4, 0.5) is 0 Å². The predicted octanol–water partition coefficient (Wildman–Crippen LogP) is 4.82. The summed E-state index contributed by atoms with van der Waals surface area (Å²) in [6.45, 7) is 6.40. The number of ether oxygens (including phenoxy) is 3. The Balaban J connectivity index is 1.82.